The number of anilines is 3. The topological polar surface area (TPSA) is 490 Å². The van der Waals surface area contributed by atoms with Gasteiger partial charge in [0.1, 0.15) is 9.79 Å². The molecule has 2 aromatic heterocycles. The number of amides is 2. The number of rotatable bonds is 22. The summed E-state index contributed by atoms with van der Waals surface area (Å²) in [6.45, 7) is 6.05. The zero-order valence-electron chi connectivity index (χ0n) is 46.2. The van der Waals surface area contributed by atoms with Gasteiger partial charge in [-0.3, -0.25) is 41.9 Å². The number of hydrogen-bond donors (Lipinski definition) is 9. The van der Waals surface area contributed by atoms with Gasteiger partial charge >= 0.3 is 0 Å². The van der Waals surface area contributed by atoms with Gasteiger partial charge in [-0.15, -0.1) is 10.2 Å². The van der Waals surface area contributed by atoms with Crippen LogP contribution in [0.5, 0.6) is 0 Å². The van der Waals surface area contributed by atoms with Crippen LogP contribution in [0.4, 0.5) is 16.5 Å². The van der Waals surface area contributed by atoms with Crippen LogP contribution >= 0.6 is 11.3 Å². The fraction of sp³-hybridized carbons (Fsp3) is 0.300. The molecule has 30 nitrogen and oxygen atoms in total. The van der Waals surface area contributed by atoms with Crippen molar-refractivity contribution in [3.05, 3.63) is 119 Å². The van der Waals surface area contributed by atoms with Crippen LogP contribution in [-0.2, 0) is 86.4 Å². The quantitative estimate of drug-likeness (QED) is 0.0264. The van der Waals surface area contributed by atoms with E-state index in [1.807, 2.05) is 0 Å². The Bertz CT molecular complexity index is 4840. The molecule has 0 spiro atoms. The maximum atomic E-state index is 13.5. The molecule has 0 bridgehead atoms. The van der Waals surface area contributed by atoms with Crippen LogP contribution in [0.3, 0.4) is 0 Å². The molecule has 1 unspecified atom stereocenters. The molecule has 4 heterocycles. The third-order valence-corrected chi connectivity index (χ3v) is 21.7. The molecule has 8 rings (SSSR count). The van der Waals surface area contributed by atoms with Gasteiger partial charge in [0.2, 0.25) is 15.4 Å². The van der Waals surface area contributed by atoms with E-state index in [1.165, 1.54) is 54.7 Å². The number of allylic oxidation sites excluding steroid dienone is 5. The lowest BCUT2D eigenvalue weighted by molar-refractivity contribution is -0.116. The highest BCUT2D eigenvalue weighted by Gasteiger charge is 2.46. The van der Waals surface area contributed by atoms with Crippen LogP contribution in [0.15, 0.2) is 121 Å². The summed E-state index contributed by atoms with van der Waals surface area (Å²) in [4.78, 5) is 30.4. The molecule has 1 atom stereocenters. The molecular formula is C50H54N8O22S8. The number of carbonyl (C=O) groups is 2. The highest BCUT2D eigenvalue weighted by atomic mass is 32.3. The first kappa shape index (κ1) is 67.2. The molecule has 4 aromatic carbocycles. The molecule has 474 valence electrons. The van der Waals surface area contributed by atoms with Gasteiger partial charge in [-0.1, -0.05) is 69.4 Å². The van der Waals surface area contributed by atoms with Gasteiger partial charge in [0.05, 0.1) is 38.6 Å². The zero-order valence-corrected chi connectivity index (χ0v) is 52.7. The van der Waals surface area contributed by atoms with E-state index in [2.05, 4.69) is 25.8 Å². The van der Waals surface area contributed by atoms with Crippen molar-refractivity contribution in [2.75, 3.05) is 46.3 Å². The third-order valence-electron chi connectivity index (χ3n) is 14.4. The number of primary sulfonamides is 1. The lowest BCUT2D eigenvalue weighted by Crippen LogP contribution is -2.41. The summed E-state index contributed by atoms with van der Waals surface area (Å²) in [6, 6.07) is 10.4. The maximum Gasteiger partial charge on any atom is 0.295 e. The second-order valence-corrected chi connectivity index (χ2v) is 32.7. The molecule has 6 aromatic rings. The van der Waals surface area contributed by atoms with Gasteiger partial charge in [0.25, 0.3) is 76.6 Å². The number of carbonyl (C=O) groups excluding carboxylic acids is 2. The molecule has 2 aliphatic rings. The summed E-state index contributed by atoms with van der Waals surface area (Å²) in [7, 11) is -34.0. The first-order chi connectivity index (χ1) is 40.4. The maximum absolute atomic E-state index is 13.5. The predicted molar refractivity (Wildman–Crippen MR) is 320 cm³/mol. The summed E-state index contributed by atoms with van der Waals surface area (Å²) < 4.78 is 233. The number of sulfonamides is 1. The minimum atomic E-state index is -5.18. The van der Waals surface area contributed by atoms with Crippen molar-refractivity contribution in [1.29, 1.82) is 0 Å². The first-order valence-electron chi connectivity index (χ1n) is 25.5. The van der Waals surface area contributed by atoms with Crippen LogP contribution in [0.2, 0.25) is 0 Å². The normalized spacial score (nSPS) is 17.1. The first-order valence-corrected chi connectivity index (χ1v) is 36.8. The minimum Gasteiger partial charge on any atom is -0.364 e. The fourth-order valence-corrected chi connectivity index (χ4v) is 15.8. The molecule has 38 heteroatoms. The highest BCUT2D eigenvalue weighted by molar-refractivity contribution is 7.91. The van der Waals surface area contributed by atoms with Crippen LogP contribution in [0.1, 0.15) is 74.1 Å². The Balaban J connectivity index is 1.28. The van der Waals surface area contributed by atoms with E-state index in [0.717, 1.165) is 12.1 Å². The van der Waals surface area contributed by atoms with E-state index < -0.39 is 135 Å². The summed E-state index contributed by atoms with van der Waals surface area (Å²) >= 11 is 0.495. The lowest BCUT2D eigenvalue weighted by Gasteiger charge is -2.32. The average molecular weight is 1380 g/mol. The second-order valence-electron chi connectivity index (χ2n) is 21.2. The van der Waals surface area contributed by atoms with Crippen molar-refractivity contribution < 1.29 is 95.8 Å². The van der Waals surface area contributed by atoms with Gasteiger partial charge < -0.3 is 20.4 Å². The highest BCUT2D eigenvalue weighted by Crippen LogP contribution is 2.53. The molecule has 88 heavy (non-hydrogen) atoms. The summed E-state index contributed by atoms with van der Waals surface area (Å²) in [6.07, 6.45) is 6.59. The average Bonchev–Trinajstić information content (AvgIpc) is 2.55. The van der Waals surface area contributed by atoms with Crippen LogP contribution in [0, 0.1) is 0 Å². The number of aromatic nitrogens is 3. The van der Waals surface area contributed by atoms with Crippen molar-refractivity contribution in [3.63, 3.8) is 0 Å². The fourth-order valence-electron chi connectivity index (χ4n) is 10.7. The molecule has 0 saturated heterocycles. The van der Waals surface area contributed by atoms with E-state index >= 15 is 0 Å². The van der Waals surface area contributed by atoms with Crippen molar-refractivity contribution >= 4 is 138 Å². The van der Waals surface area contributed by atoms with Crippen molar-refractivity contribution in [2.45, 2.75) is 87.8 Å². The van der Waals surface area contributed by atoms with Crippen LogP contribution < -0.4 is 25.6 Å². The van der Waals surface area contributed by atoms with Gasteiger partial charge in [0.15, 0.2) is 0 Å². The van der Waals surface area contributed by atoms with Gasteiger partial charge in [-0.25, -0.2) is 13.6 Å². The molecule has 10 N–H and O–H groups in total. The Hall–Kier alpha value is -6.76. The Morgan fingerprint density at radius 2 is 1.22 bits per heavy atom. The molecule has 0 aliphatic carbocycles. The standard InChI is InChI=1S/C50H54N8O22S8/c1-49(2)41(57(19-5-21-82(61,62)63)37-13-10-32-34(44(37)49)23-30(85(69,70)71)25-39(32)87(75,76)77)15-8-28(36-12-7-29(27-53-36)46(60)52-18-17-43(59)54-47-55-56-48(81-47)84(51,67)68)9-16-42-50(3,4)45-35-24-31(86(72,73)74)26-40(88(78,79)80)33(35)11-14-38(45)58(42)20-6-22-83(64,65)66/h7-16,23-27,41H,5-6,17-22H2,1-4H3,(H,52,60)(H2,51,67,68)(H,54,55,59)(H,61,62,63)(H,64,65,66)(H,69,70,71)(H,72,73,74)(H,75,76,77)(H,78,79,80)/b15-8+,28-9?,42-16?. The predicted octanol–water partition coefficient (Wildman–Crippen LogP) is 3.98. The van der Waals surface area contributed by atoms with E-state index in [1.54, 1.807) is 49.6 Å². The van der Waals surface area contributed by atoms with Crippen molar-refractivity contribution in [1.82, 2.24) is 20.5 Å². The number of nitrogens with zero attached hydrogens (tertiary/aromatic N) is 5. The monoisotopic (exact) mass is 1370 g/mol. The Kier molecular flexibility index (Phi) is 18.2. The Morgan fingerprint density at radius 3 is 1.72 bits per heavy atom. The van der Waals surface area contributed by atoms with Gasteiger partial charge in [-0.2, -0.15) is 50.5 Å². The SMILES string of the molecule is CC1(C)C(=CC=C(/C=C/C2N(CCCS(=O)(=O)O)c3ccc4c(S(=O)(=O)O)cc(S(=O)(=O)O)cc4c3C2(C)C)c2ccc(C(=O)NCCC(=O)Nc3nnc(S(N)(=O)=O)s3)cn2)N(CCCS(=O)(=O)O)c2ccc3c(S(=O)(=O)O)cc(S(=O)(=O)O)cc3c21. The van der Waals surface area contributed by atoms with Crippen LogP contribution in [-0.4, -0.2) is 150 Å². The zero-order chi connectivity index (χ0) is 65.3. The molecular weight excluding hydrogens is 1320 g/mol. The third kappa shape index (κ3) is 14.6. The molecule has 0 fully saturated rings. The number of pyridine rings is 1. The minimum absolute atomic E-state index is 0.0386. The molecule has 2 aliphatic heterocycles. The molecule has 0 saturated carbocycles. The van der Waals surface area contributed by atoms with Crippen molar-refractivity contribution in [2.24, 2.45) is 5.14 Å². The number of fused-ring (bicyclic) bond motifs is 6. The largest absolute Gasteiger partial charge is 0.364 e. The van der Waals surface area contributed by atoms with E-state index in [4.69, 9.17) is 5.14 Å². The van der Waals surface area contributed by atoms with E-state index in [0.29, 0.717) is 34.9 Å². The molecule has 2 amide bonds. The van der Waals surface area contributed by atoms with Gasteiger partial charge in [0, 0.05) is 70.9 Å². The number of nitrogens with two attached hydrogens (primary N) is 1. The Labute approximate surface area is 508 Å². The summed E-state index contributed by atoms with van der Waals surface area (Å²) in [5.74, 6) is -2.90. The van der Waals surface area contributed by atoms with Crippen molar-refractivity contribution in [3.8, 4) is 0 Å². The van der Waals surface area contributed by atoms with Crippen LogP contribution in [0.25, 0.3) is 27.1 Å². The smallest absolute Gasteiger partial charge is 0.295 e. The number of nitrogens with one attached hydrogen (secondary N) is 2. The number of hydrogen-bond acceptors (Lipinski definition) is 22. The van der Waals surface area contributed by atoms with Gasteiger partial charge in [-0.05, 0) is 94.9 Å². The summed E-state index contributed by atoms with van der Waals surface area (Å²) in [5.41, 5.74) is -1.05. The second kappa shape index (κ2) is 23.9. The lowest BCUT2D eigenvalue weighted by atomic mass is 9.78. The van der Waals surface area contributed by atoms with E-state index in [9.17, 15) is 95.8 Å². The van der Waals surface area contributed by atoms with E-state index in [-0.39, 0.29) is 99.2 Å². The number of benzene rings is 4. The Morgan fingerprint density at radius 1 is 0.670 bits per heavy atom. The summed E-state index contributed by atoms with van der Waals surface area (Å²) in [5, 5.41) is 16.2. The molecule has 0 radical (unpaired) electrons.